The number of sulfonamides is 1. The first-order valence-corrected chi connectivity index (χ1v) is 11.7. The van der Waals surface area contributed by atoms with Crippen LogP contribution in [0.3, 0.4) is 0 Å². The molecule has 0 saturated heterocycles. The molecule has 0 aliphatic carbocycles. The van der Waals surface area contributed by atoms with Gasteiger partial charge in [0, 0.05) is 6.20 Å². The second-order valence-corrected chi connectivity index (χ2v) is 10.2. The van der Waals surface area contributed by atoms with E-state index in [0.717, 1.165) is 16.9 Å². The summed E-state index contributed by atoms with van der Waals surface area (Å²) in [5, 5.41) is 4.33. The lowest BCUT2D eigenvalue weighted by atomic mass is 10.0. The fourth-order valence-corrected chi connectivity index (χ4v) is 5.83. The van der Waals surface area contributed by atoms with Crippen molar-refractivity contribution in [2.45, 2.75) is 16.7 Å². The van der Waals surface area contributed by atoms with Crippen LogP contribution in [0, 0.1) is 5.82 Å². The first-order chi connectivity index (χ1) is 14.4. The Morgan fingerprint density at radius 3 is 2.43 bits per heavy atom. The lowest BCUT2D eigenvalue weighted by Crippen LogP contribution is -2.31. The number of aromatic nitrogens is 2. The van der Waals surface area contributed by atoms with E-state index >= 15 is 0 Å². The van der Waals surface area contributed by atoms with Gasteiger partial charge in [-0.15, -0.1) is 11.3 Å². The third-order valence-electron chi connectivity index (χ3n) is 4.49. The van der Waals surface area contributed by atoms with Crippen LogP contribution in [0.4, 0.5) is 4.39 Å². The molecule has 1 unspecified atom stereocenters. The Hall–Kier alpha value is -2.52. The molecule has 0 amide bonds. The second-order valence-electron chi connectivity index (χ2n) is 6.57. The predicted molar refractivity (Wildman–Crippen MR) is 116 cm³/mol. The van der Waals surface area contributed by atoms with Crippen LogP contribution in [0.2, 0.25) is 4.34 Å². The number of thiophene rings is 1. The molecular formula is C21H17ClFN3O2S2. The maximum absolute atomic E-state index is 13.4. The normalized spacial score (nSPS) is 12.7. The predicted octanol–water partition coefficient (Wildman–Crippen LogP) is 4.99. The third-order valence-corrected chi connectivity index (χ3v) is 7.69. The van der Waals surface area contributed by atoms with Crippen molar-refractivity contribution >= 4 is 33.0 Å². The fraction of sp³-hybridized carbons (Fsp3) is 0.0952. The highest BCUT2D eigenvalue weighted by Gasteiger charge is 2.26. The number of benzene rings is 2. The Kier molecular flexibility index (Phi) is 6.01. The summed E-state index contributed by atoms with van der Waals surface area (Å²) in [6, 6.07) is 19.6. The van der Waals surface area contributed by atoms with Gasteiger partial charge in [-0.1, -0.05) is 41.9 Å². The van der Waals surface area contributed by atoms with Crippen molar-refractivity contribution in [1.82, 2.24) is 14.5 Å². The van der Waals surface area contributed by atoms with E-state index < -0.39 is 16.1 Å². The Morgan fingerprint density at radius 1 is 1.03 bits per heavy atom. The van der Waals surface area contributed by atoms with E-state index in [2.05, 4.69) is 9.82 Å². The molecule has 1 N–H and O–H groups in total. The van der Waals surface area contributed by atoms with E-state index in [1.54, 1.807) is 35.1 Å². The number of nitrogens with one attached hydrogen (secondary N) is 1. The van der Waals surface area contributed by atoms with E-state index in [0.29, 0.717) is 22.1 Å². The average molecular weight is 462 g/mol. The number of hydrogen-bond acceptors (Lipinski definition) is 4. The van der Waals surface area contributed by atoms with Crippen molar-refractivity contribution in [2.75, 3.05) is 0 Å². The van der Waals surface area contributed by atoms with Gasteiger partial charge < -0.3 is 0 Å². The molecule has 2 aromatic carbocycles. The molecule has 5 nitrogen and oxygen atoms in total. The molecule has 4 rings (SSSR count). The summed E-state index contributed by atoms with van der Waals surface area (Å²) in [6.07, 6.45) is 2.00. The molecule has 0 radical (unpaired) electrons. The summed E-state index contributed by atoms with van der Waals surface area (Å²) in [6.45, 7) is 0. The molecule has 2 heterocycles. The topological polar surface area (TPSA) is 64.0 Å². The van der Waals surface area contributed by atoms with Gasteiger partial charge >= 0.3 is 0 Å². The molecule has 30 heavy (non-hydrogen) atoms. The van der Waals surface area contributed by atoms with Crippen LogP contribution in [-0.2, 0) is 16.4 Å². The molecule has 0 aliphatic heterocycles. The van der Waals surface area contributed by atoms with Crippen molar-refractivity contribution in [2.24, 2.45) is 0 Å². The van der Waals surface area contributed by atoms with Gasteiger partial charge in [0.25, 0.3) is 10.0 Å². The van der Waals surface area contributed by atoms with Crippen LogP contribution in [0.5, 0.6) is 0 Å². The molecule has 0 aliphatic rings. The summed E-state index contributed by atoms with van der Waals surface area (Å²) in [5.74, 6) is -0.358. The van der Waals surface area contributed by atoms with E-state index in [1.165, 1.54) is 18.2 Å². The zero-order valence-electron chi connectivity index (χ0n) is 15.6. The first-order valence-electron chi connectivity index (χ1n) is 9.04. The number of halogens is 2. The lowest BCUT2D eigenvalue weighted by Gasteiger charge is -2.20. The van der Waals surface area contributed by atoms with Gasteiger partial charge in [-0.05, 0) is 54.4 Å². The smallest absolute Gasteiger partial charge is 0.236 e. The number of rotatable bonds is 7. The van der Waals surface area contributed by atoms with E-state index in [4.69, 9.17) is 11.6 Å². The highest BCUT2D eigenvalue weighted by Crippen LogP contribution is 2.28. The van der Waals surface area contributed by atoms with Crippen molar-refractivity contribution in [1.29, 1.82) is 0 Å². The standard InChI is InChI=1S/C21H17ClFN3O2S2/c22-20-10-11-21(29-20)30(27,28)25-18(14-15-4-2-1-3-5-15)19-12-13-24-26(19)17-8-6-16(23)7-9-17/h1-13,18,25H,14H2. The minimum Gasteiger partial charge on any atom is -0.236 e. The monoisotopic (exact) mass is 461 g/mol. The molecule has 2 aromatic heterocycles. The van der Waals surface area contributed by atoms with Gasteiger partial charge in [-0.2, -0.15) is 5.10 Å². The van der Waals surface area contributed by atoms with Gasteiger partial charge in [0.1, 0.15) is 10.0 Å². The SMILES string of the molecule is O=S(=O)(NC(Cc1ccccc1)c1ccnn1-c1ccc(F)cc1)c1ccc(Cl)s1. The maximum Gasteiger partial charge on any atom is 0.250 e. The van der Waals surface area contributed by atoms with Gasteiger partial charge in [0.05, 0.1) is 21.8 Å². The summed E-state index contributed by atoms with van der Waals surface area (Å²) in [5.41, 5.74) is 2.23. The van der Waals surface area contributed by atoms with Gasteiger partial charge in [-0.3, -0.25) is 0 Å². The summed E-state index contributed by atoms with van der Waals surface area (Å²) < 4.78 is 44.3. The summed E-state index contributed by atoms with van der Waals surface area (Å²) >= 11 is 6.93. The largest absolute Gasteiger partial charge is 0.250 e. The van der Waals surface area contributed by atoms with Crippen LogP contribution in [-0.4, -0.2) is 18.2 Å². The molecular weight excluding hydrogens is 445 g/mol. The van der Waals surface area contributed by atoms with E-state index in [1.807, 2.05) is 30.3 Å². The Labute approximate surface area is 182 Å². The zero-order valence-corrected chi connectivity index (χ0v) is 18.0. The van der Waals surface area contributed by atoms with Crippen molar-refractivity contribution < 1.29 is 12.8 Å². The van der Waals surface area contributed by atoms with Crippen LogP contribution in [0.1, 0.15) is 17.3 Å². The van der Waals surface area contributed by atoms with Gasteiger partial charge in [-0.25, -0.2) is 22.2 Å². The molecule has 4 aromatic rings. The Balaban J connectivity index is 1.73. The number of nitrogens with zero attached hydrogens (tertiary/aromatic N) is 2. The average Bonchev–Trinajstić information content (AvgIpc) is 3.38. The van der Waals surface area contributed by atoms with Crippen molar-refractivity contribution in [3.63, 3.8) is 0 Å². The Bertz CT molecular complexity index is 1240. The van der Waals surface area contributed by atoms with Gasteiger partial charge in [0.15, 0.2) is 0 Å². The van der Waals surface area contributed by atoms with Crippen LogP contribution >= 0.6 is 22.9 Å². The molecule has 1 atom stereocenters. The van der Waals surface area contributed by atoms with E-state index in [-0.39, 0.29) is 10.0 Å². The summed E-state index contributed by atoms with van der Waals surface area (Å²) in [4.78, 5) is 0. The quantitative estimate of drug-likeness (QED) is 0.421. The summed E-state index contributed by atoms with van der Waals surface area (Å²) in [7, 11) is -3.81. The second kappa shape index (κ2) is 8.69. The van der Waals surface area contributed by atoms with Crippen LogP contribution in [0.25, 0.3) is 5.69 Å². The highest BCUT2D eigenvalue weighted by atomic mass is 35.5. The van der Waals surface area contributed by atoms with Crippen molar-refractivity contribution in [3.05, 3.63) is 100 Å². The number of hydrogen-bond donors (Lipinski definition) is 1. The van der Waals surface area contributed by atoms with Crippen LogP contribution in [0.15, 0.2) is 83.2 Å². The lowest BCUT2D eigenvalue weighted by molar-refractivity contribution is 0.544. The minimum absolute atomic E-state index is 0.137. The molecule has 9 heteroatoms. The zero-order chi connectivity index (χ0) is 21.1. The molecule has 0 fully saturated rings. The van der Waals surface area contributed by atoms with Gasteiger partial charge in [0.2, 0.25) is 0 Å². The third kappa shape index (κ3) is 4.62. The van der Waals surface area contributed by atoms with Crippen LogP contribution < -0.4 is 4.72 Å². The molecule has 154 valence electrons. The van der Waals surface area contributed by atoms with Crippen molar-refractivity contribution in [3.8, 4) is 5.69 Å². The van der Waals surface area contributed by atoms with E-state index in [9.17, 15) is 12.8 Å². The first kappa shape index (κ1) is 20.7. The molecule has 0 bridgehead atoms. The minimum atomic E-state index is -3.81. The maximum atomic E-state index is 13.4. The highest BCUT2D eigenvalue weighted by molar-refractivity contribution is 7.91. The Morgan fingerprint density at radius 2 is 1.77 bits per heavy atom. The molecule has 0 spiro atoms. The molecule has 0 saturated carbocycles. The fourth-order valence-electron chi connectivity index (χ4n) is 3.12.